The molecular formula is C28H28N2O4. The summed E-state index contributed by atoms with van der Waals surface area (Å²) in [6.07, 6.45) is 0.892. The number of anilines is 2. The second-order valence-corrected chi connectivity index (χ2v) is 8.21. The zero-order valence-corrected chi connectivity index (χ0v) is 19.8. The minimum absolute atomic E-state index is 0.236. The Morgan fingerprint density at radius 3 is 2.32 bits per heavy atom. The second-order valence-electron chi connectivity index (χ2n) is 8.21. The van der Waals surface area contributed by atoms with Crippen LogP contribution in [0, 0.1) is 13.8 Å². The van der Waals surface area contributed by atoms with E-state index in [1.165, 1.54) is 4.90 Å². The number of benzene rings is 3. The van der Waals surface area contributed by atoms with Crippen LogP contribution < -0.4 is 19.7 Å². The summed E-state index contributed by atoms with van der Waals surface area (Å²) < 4.78 is 11.0. The number of carbonyl (C=O) groups is 2. The van der Waals surface area contributed by atoms with Gasteiger partial charge >= 0.3 is 0 Å². The van der Waals surface area contributed by atoms with E-state index >= 15 is 0 Å². The molecule has 0 unspecified atom stereocenters. The molecule has 0 aliphatic carbocycles. The van der Waals surface area contributed by atoms with Crippen LogP contribution in [0.4, 0.5) is 11.4 Å². The number of hydrogen-bond donors (Lipinski definition) is 1. The van der Waals surface area contributed by atoms with Crippen LogP contribution in [-0.4, -0.2) is 25.5 Å². The molecule has 0 aromatic heterocycles. The van der Waals surface area contributed by atoms with E-state index in [4.69, 9.17) is 9.47 Å². The topological polar surface area (TPSA) is 67.9 Å². The third-order valence-corrected chi connectivity index (χ3v) is 5.64. The number of hydrogen-bond acceptors (Lipinski definition) is 5. The Bertz CT molecular complexity index is 1260. The molecule has 0 radical (unpaired) electrons. The maximum absolute atomic E-state index is 13.7. The fourth-order valence-electron chi connectivity index (χ4n) is 3.98. The number of carbonyl (C=O) groups excluding carboxylic acids is 2. The van der Waals surface area contributed by atoms with Crippen molar-refractivity contribution in [2.24, 2.45) is 0 Å². The highest BCUT2D eigenvalue weighted by Gasteiger charge is 2.40. The average molecular weight is 457 g/mol. The van der Waals surface area contributed by atoms with Crippen molar-refractivity contribution in [3.05, 3.63) is 89.1 Å². The molecule has 0 spiro atoms. The molecule has 174 valence electrons. The number of ether oxygens (including phenoxy) is 2. The number of methoxy groups -OCH3 is 1. The first kappa shape index (κ1) is 23.1. The minimum atomic E-state index is -0.412. The van der Waals surface area contributed by atoms with Crippen LogP contribution in [0.3, 0.4) is 0 Å². The zero-order valence-electron chi connectivity index (χ0n) is 19.8. The van der Waals surface area contributed by atoms with Gasteiger partial charge < -0.3 is 14.8 Å². The van der Waals surface area contributed by atoms with Gasteiger partial charge in [0.1, 0.15) is 17.2 Å². The number of amides is 2. The molecule has 2 amide bonds. The Labute approximate surface area is 199 Å². The molecular weight excluding hydrogens is 428 g/mol. The third kappa shape index (κ3) is 4.53. The van der Waals surface area contributed by atoms with E-state index in [1.54, 1.807) is 31.4 Å². The lowest BCUT2D eigenvalue weighted by Gasteiger charge is -2.16. The Morgan fingerprint density at radius 2 is 1.65 bits per heavy atom. The van der Waals surface area contributed by atoms with Gasteiger partial charge in [-0.2, -0.15) is 0 Å². The molecule has 1 heterocycles. The first-order valence-electron chi connectivity index (χ1n) is 11.3. The van der Waals surface area contributed by atoms with Gasteiger partial charge in [0.2, 0.25) is 0 Å². The van der Waals surface area contributed by atoms with Crippen LogP contribution in [0.15, 0.2) is 72.4 Å². The molecule has 1 N–H and O–H groups in total. The normalized spacial score (nSPS) is 13.5. The van der Waals surface area contributed by atoms with E-state index in [2.05, 4.69) is 5.32 Å². The number of nitrogens with one attached hydrogen (secondary N) is 1. The molecule has 0 bridgehead atoms. The van der Waals surface area contributed by atoms with Gasteiger partial charge in [-0.3, -0.25) is 9.59 Å². The van der Waals surface area contributed by atoms with E-state index in [-0.39, 0.29) is 11.6 Å². The molecule has 6 heteroatoms. The lowest BCUT2D eigenvalue weighted by atomic mass is 9.97. The lowest BCUT2D eigenvalue weighted by molar-refractivity contribution is -0.120. The number of rotatable bonds is 8. The van der Waals surface area contributed by atoms with Crippen molar-refractivity contribution in [1.82, 2.24) is 0 Å². The minimum Gasteiger partial charge on any atom is -0.497 e. The first-order chi connectivity index (χ1) is 16.4. The Morgan fingerprint density at radius 1 is 0.882 bits per heavy atom. The maximum atomic E-state index is 13.7. The molecule has 6 nitrogen and oxygen atoms in total. The standard InChI is InChI=1S/C28H28N2O4/c1-5-15-34-23-8-6-7-20(17-23)29-26-25(24-14-9-18(2)16-19(24)3)27(31)30(28(26)32)21-10-12-22(33-4)13-11-21/h6-14,16-17,29H,5,15H2,1-4H3. The molecule has 4 rings (SSSR count). The van der Waals surface area contributed by atoms with E-state index in [0.29, 0.717) is 35.1 Å². The largest absolute Gasteiger partial charge is 0.497 e. The third-order valence-electron chi connectivity index (χ3n) is 5.64. The average Bonchev–Trinajstić information content (AvgIpc) is 3.07. The maximum Gasteiger partial charge on any atom is 0.282 e. The predicted octanol–water partition coefficient (Wildman–Crippen LogP) is 5.50. The van der Waals surface area contributed by atoms with Gasteiger partial charge in [0.05, 0.1) is 25.0 Å². The van der Waals surface area contributed by atoms with Gasteiger partial charge in [-0.25, -0.2) is 4.90 Å². The summed E-state index contributed by atoms with van der Waals surface area (Å²) in [5.74, 6) is 0.560. The summed E-state index contributed by atoms with van der Waals surface area (Å²) in [5, 5.41) is 3.21. The van der Waals surface area contributed by atoms with E-state index in [1.807, 2.05) is 63.2 Å². The van der Waals surface area contributed by atoms with Gasteiger partial charge in [0.25, 0.3) is 11.8 Å². The van der Waals surface area contributed by atoms with Crippen molar-refractivity contribution in [2.45, 2.75) is 27.2 Å². The van der Waals surface area contributed by atoms with Crippen LogP contribution in [0.5, 0.6) is 11.5 Å². The highest BCUT2D eigenvalue weighted by Crippen LogP contribution is 2.36. The first-order valence-corrected chi connectivity index (χ1v) is 11.3. The lowest BCUT2D eigenvalue weighted by Crippen LogP contribution is -2.32. The number of aryl methyl sites for hydroxylation is 2. The van der Waals surface area contributed by atoms with Crippen LogP contribution in [0.1, 0.15) is 30.0 Å². The van der Waals surface area contributed by atoms with E-state index in [9.17, 15) is 9.59 Å². The number of nitrogens with zero attached hydrogens (tertiary/aromatic N) is 1. The quantitative estimate of drug-likeness (QED) is 0.454. The monoisotopic (exact) mass is 456 g/mol. The highest BCUT2D eigenvalue weighted by atomic mass is 16.5. The van der Waals surface area contributed by atoms with E-state index < -0.39 is 5.91 Å². The SMILES string of the molecule is CCCOc1cccc(NC2=C(c3ccc(C)cc3C)C(=O)N(c3ccc(OC)cc3)C2=O)c1. The predicted molar refractivity (Wildman–Crippen MR) is 134 cm³/mol. The van der Waals surface area contributed by atoms with Gasteiger partial charge in [-0.15, -0.1) is 0 Å². The summed E-state index contributed by atoms with van der Waals surface area (Å²) in [5.41, 5.74) is 4.46. The van der Waals surface area contributed by atoms with Crippen molar-refractivity contribution in [3.63, 3.8) is 0 Å². The van der Waals surface area contributed by atoms with Crippen LogP contribution in [0.25, 0.3) is 5.57 Å². The van der Waals surface area contributed by atoms with Crippen LogP contribution in [-0.2, 0) is 9.59 Å². The molecule has 0 saturated heterocycles. The summed E-state index contributed by atoms with van der Waals surface area (Å²) >= 11 is 0. The Balaban J connectivity index is 1.78. The molecule has 1 aliphatic rings. The fraction of sp³-hybridized carbons (Fsp3) is 0.214. The highest BCUT2D eigenvalue weighted by molar-refractivity contribution is 6.46. The Hall–Kier alpha value is -4.06. The van der Waals surface area contributed by atoms with Crippen molar-refractivity contribution >= 4 is 28.8 Å². The second kappa shape index (κ2) is 9.83. The summed E-state index contributed by atoms with van der Waals surface area (Å²) in [6, 6.07) is 20.1. The molecule has 3 aromatic carbocycles. The van der Waals surface area contributed by atoms with Crippen molar-refractivity contribution in [2.75, 3.05) is 23.9 Å². The zero-order chi connectivity index (χ0) is 24.2. The van der Waals surface area contributed by atoms with Gasteiger partial charge in [-0.05, 0) is 67.8 Å². The van der Waals surface area contributed by atoms with Gasteiger partial charge in [0.15, 0.2) is 0 Å². The number of imide groups is 1. The van der Waals surface area contributed by atoms with Gasteiger partial charge in [0, 0.05) is 11.8 Å². The van der Waals surface area contributed by atoms with Crippen LogP contribution in [0.2, 0.25) is 0 Å². The Kier molecular flexibility index (Phi) is 6.68. The summed E-state index contributed by atoms with van der Waals surface area (Å²) in [7, 11) is 1.57. The smallest absolute Gasteiger partial charge is 0.282 e. The summed E-state index contributed by atoms with van der Waals surface area (Å²) in [4.78, 5) is 28.5. The van der Waals surface area contributed by atoms with E-state index in [0.717, 1.165) is 23.1 Å². The van der Waals surface area contributed by atoms with Crippen molar-refractivity contribution in [3.8, 4) is 11.5 Å². The molecule has 0 atom stereocenters. The fourth-order valence-corrected chi connectivity index (χ4v) is 3.98. The summed E-state index contributed by atoms with van der Waals surface area (Å²) in [6.45, 7) is 6.58. The molecule has 0 fully saturated rings. The molecule has 1 aliphatic heterocycles. The van der Waals surface area contributed by atoms with Gasteiger partial charge in [-0.1, -0.05) is 36.8 Å². The molecule has 34 heavy (non-hydrogen) atoms. The van der Waals surface area contributed by atoms with Crippen molar-refractivity contribution in [1.29, 1.82) is 0 Å². The van der Waals surface area contributed by atoms with Crippen LogP contribution >= 0.6 is 0 Å². The molecule has 3 aromatic rings. The molecule has 0 saturated carbocycles. The van der Waals surface area contributed by atoms with Crippen molar-refractivity contribution < 1.29 is 19.1 Å².